The van der Waals surface area contributed by atoms with Gasteiger partial charge in [0.25, 0.3) is 0 Å². The van der Waals surface area contributed by atoms with Crippen LogP contribution in [0.4, 0.5) is 0 Å². The molecule has 0 atom stereocenters. The van der Waals surface area contributed by atoms with E-state index in [0.717, 1.165) is 24.9 Å². The molecule has 0 saturated heterocycles. The van der Waals surface area contributed by atoms with Gasteiger partial charge in [-0.2, -0.15) is 0 Å². The monoisotopic (exact) mass is 431 g/mol. The van der Waals surface area contributed by atoms with Crippen LogP contribution in [0.15, 0.2) is 0 Å². The first kappa shape index (κ1) is 24.0. The third-order valence-electron chi connectivity index (χ3n) is 10.3. The molecule has 0 radical (unpaired) electrons. The first-order valence-corrected chi connectivity index (χ1v) is 14.5. The molecule has 0 heterocycles. The van der Waals surface area contributed by atoms with Crippen LogP contribution in [0, 0.1) is 23.7 Å². The Morgan fingerprint density at radius 3 is 1.16 bits per heavy atom. The van der Waals surface area contributed by atoms with Crippen molar-refractivity contribution < 1.29 is 0 Å². The summed E-state index contributed by atoms with van der Waals surface area (Å²) in [5.41, 5.74) is 14.4. The van der Waals surface area contributed by atoms with E-state index in [1.165, 1.54) is 128 Å². The van der Waals surface area contributed by atoms with Gasteiger partial charge in [-0.15, -0.1) is 0 Å². The highest BCUT2D eigenvalue weighted by Crippen LogP contribution is 2.56. The Kier molecular flexibility index (Phi) is 8.79. The van der Waals surface area contributed by atoms with Crippen molar-refractivity contribution in [3.8, 4) is 0 Å². The number of hydrogen-bond donors (Lipinski definition) is 3. The SMILES string of the molecule is NCCNC(C1CCCCC1)(C1CCCCC1)C(N)(C1CCCCC1)C1CCCCC1. The molecule has 4 aliphatic carbocycles. The van der Waals surface area contributed by atoms with Gasteiger partial charge in [0, 0.05) is 24.2 Å². The third kappa shape index (κ3) is 4.76. The average molecular weight is 432 g/mol. The highest BCUT2D eigenvalue weighted by atomic mass is 15.1. The highest BCUT2D eigenvalue weighted by molar-refractivity contribution is 5.20. The van der Waals surface area contributed by atoms with Crippen LogP contribution in [0.1, 0.15) is 128 Å². The van der Waals surface area contributed by atoms with Gasteiger partial charge < -0.3 is 16.8 Å². The minimum Gasteiger partial charge on any atom is -0.329 e. The Labute approximate surface area is 193 Å². The Morgan fingerprint density at radius 2 is 0.839 bits per heavy atom. The average Bonchev–Trinajstić information content (AvgIpc) is 2.86. The maximum atomic E-state index is 8.13. The first-order valence-electron chi connectivity index (χ1n) is 14.5. The van der Waals surface area contributed by atoms with Gasteiger partial charge in [0.2, 0.25) is 0 Å². The molecule has 31 heavy (non-hydrogen) atoms. The summed E-state index contributed by atoms with van der Waals surface area (Å²) in [7, 11) is 0. The van der Waals surface area contributed by atoms with Crippen LogP contribution in [0.5, 0.6) is 0 Å². The molecule has 0 aromatic carbocycles. The van der Waals surface area contributed by atoms with Gasteiger partial charge in [0.1, 0.15) is 0 Å². The van der Waals surface area contributed by atoms with Crippen molar-refractivity contribution in [1.29, 1.82) is 0 Å². The van der Waals surface area contributed by atoms with E-state index in [2.05, 4.69) is 5.32 Å². The van der Waals surface area contributed by atoms with E-state index in [1.807, 2.05) is 0 Å². The standard InChI is InChI=1S/C28H53N3/c29-21-22-31-28(25-17-9-3-10-18-25,26-19-11-4-12-20-26)27(30,23-13-5-1-6-14-23)24-15-7-2-8-16-24/h23-26,31H,1-22,29-30H2. The Bertz CT molecular complexity index is 472. The van der Waals surface area contributed by atoms with Gasteiger partial charge in [-0.05, 0) is 75.0 Å². The Morgan fingerprint density at radius 1 is 0.516 bits per heavy atom. The van der Waals surface area contributed by atoms with E-state index in [-0.39, 0.29) is 11.1 Å². The fraction of sp³-hybridized carbons (Fsp3) is 1.00. The molecule has 3 nitrogen and oxygen atoms in total. The summed E-state index contributed by atoms with van der Waals surface area (Å²) in [5, 5.41) is 4.31. The summed E-state index contributed by atoms with van der Waals surface area (Å²) >= 11 is 0. The molecule has 0 spiro atoms. The summed E-state index contributed by atoms with van der Waals surface area (Å²) in [6, 6.07) is 0. The first-order chi connectivity index (χ1) is 15.2. The predicted molar refractivity (Wildman–Crippen MR) is 133 cm³/mol. The van der Waals surface area contributed by atoms with Crippen LogP contribution < -0.4 is 16.8 Å². The zero-order chi connectivity index (χ0) is 21.6. The molecule has 4 aliphatic rings. The van der Waals surface area contributed by atoms with Crippen LogP contribution in [-0.4, -0.2) is 24.2 Å². The molecule has 0 aliphatic heterocycles. The quantitative estimate of drug-likeness (QED) is 0.423. The summed E-state index contributed by atoms with van der Waals surface area (Å²) in [5.74, 6) is 2.92. The molecule has 180 valence electrons. The third-order valence-corrected chi connectivity index (χ3v) is 10.3. The van der Waals surface area contributed by atoms with Crippen molar-refractivity contribution in [2.45, 2.75) is 139 Å². The summed E-state index contributed by atoms with van der Waals surface area (Å²) in [6.07, 6.45) is 28.0. The lowest BCUT2D eigenvalue weighted by Gasteiger charge is -2.65. The van der Waals surface area contributed by atoms with Crippen molar-refractivity contribution in [1.82, 2.24) is 5.32 Å². The van der Waals surface area contributed by atoms with E-state index < -0.39 is 0 Å². The van der Waals surface area contributed by atoms with E-state index in [4.69, 9.17) is 11.5 Å². The predicted octanol–water partition coefficient (Wildman–Crippen LogP) is 6.29. The molecule has 3 heteroatoms. The molecule has 0 amide bonds. The van der Waals surface area contributed by atoms with Gasteiger partial charge in [0.05, 0.1) is 0 Å². The summed E-state index contributed by atoms with van der Waals surface area (Å²) in [4.78, 5) is 0. The molecule has 4 rings (SSSR count). The molecule has 5 N–H and O–H groups in total. The zero-order valence-electron chi connectivity index (χ0n) is 20.5. The van der Waals surface area contributed by atoms with Crippen LogP contribution >= 0.6 is 0 Å². The smallest absolute Gasteiger partial charge is 0.0424 e. The molecular weight excluding hydrogens is 378 g/mol. The van der Waals surface area contributed by atoms with Crippen LogP contribution in [0.3, 0.4) is 0 Å². The van der Waals surface area contributed by atoms with Crippen molar-refractivity contribution in [2.24, 2.45) is 35.1 Å². The van der Waals surface area contributed by atoms with E-state index >= 15 is 0 Å². The lowest BCUT2D eigenvalue weighted by molar-refractivity contribution is -0.0729. The lowest BCUT2D eigenvalue weighted by Crippen LogP contribution is -2.80. The number of rotatable bonds is 8. The van der Waals surface area contributed by atoms with E-state index in [1.54, 1.807) is 0 Å². The van der Waals surface area contributed by atoms with Crippen molar-refractivity contribution in [3.05, 3.63) is 0 Å². The van der Waals surface area contributed by atoms with Crippen LogP contribution in [-0.2, 0) is 0 Å². The number of nitrogens with two attached hydrogens (primary N) is 2. The number of hydrogen-bond acceptors (Lipinski definition) is 3. The molecule has 0 aromatic rings. The topological polar surface area (TPSA) is 64.1 Å². The zero-order valence-corrected chi connectivity index (χ0v) is 20.5. The summed E-state index contributed by atoms with van der Waals surface area (Å²) < 4.78 is 0. The van der Waals surface area contributed by atoms with Gasteiger partial charge in [0.15, 0.2) is 0 Å². The van der Waals surface area contributed by atoms with Gasteiger partial charge >= 0.3 is 0 Å². The maximum absolute atomic E-state index is 8.13. The fourth-order valence-corrected chi connectivity index (χ4v) is 9.05. The van der Waals surface area contributed by atoms with Crippen molar-refractivity contribution >= 4 is 0 Å². The Hall–Kier alpha value is -0.120. The fourth-order valence-electron chi connectivity index (χ4n) is 9.05. The maximum Gasteiger partial charge on any atom is 0.0424 e. The second kappa shape index (κ2) is 11.3. The normalized spacial score (nSPS) is 26.9. The number of nitrogens with one attached hydrogen (secondary N) is 1. The molecule has 0 bridgehead atoms. The summed E-state index contributed by atoms with van der Waals surface area (Å²) in [6.45, 7) is 1.69. The second-order valence-corrected chi connectivity index (χ2v) is 11.9. The van der Waals surface area contributed by atoms with Crippen LogP contribution in [0.2, 0.25) is 0 Å². The molecule has 4 saturated carbocycles. The molecule has 0 aromatic heterocycles. The highest BCUT2D eigenvalue weighted by Gasteiger charge is 2.62. The second-order valence-electron chi connectivity index (χ2n) is 11.9. The van der Waals surface area contributed by atoms with Gasteiger partial charge in [-0.25, -0.2) is 0 Å². The lowest BCUT2D eigenvalue weighted by atomic mass is 9.47. The largest absolute Gasteiger partial charge is 0.329 e. The Balaban J connectivity index is 1.81. The minimum atomic E-state index is -0.0486. The van der Waals surface area contributed by atoms with Crippen molar-refractivity contribution in [2.75, 3.05) is 13.1 Å². The van der Waals surface area contributed by atoms with Crippen molar-refractivity contribution in [3.63, 3.8) is 0 Å². The molecular formula is C28H53N3. The van der Waals surface area contributed by atoms with E-state index in [9.17, 15) is 0 Å². The van der Waals surface area contributed by atoms with E-state index in [0.29, 0.717) is 11.8 Å². The van der Waals surface area contributed by atoms with Gasteiger partial charge in [-0.1, -0.05) is 77.0 Å². The van der Waals surface area contributed by atoms with Gasteiger partial charge in [-0.3, -0.25) is 0 Å². The minimum absolute atomic E-state index is 0.0486. The van der Waals surface area contributed by atoms with Crippen LogP contribution in [0.25, 0.3) is 0 Å². The molecule has 0 unspecified atom stereocenters. The molecule has 4 fully saturated rings.